The molecule has 10 aromatic rings. The molecule has 0 amide bonds. The molecule has 0 N–H and O–H groups in total. The van der Waals surface area contributed by atoms with E-state index < -0.39 is 16.1 Å². The molecule has 0 bridgehead atoms. The molecule has 0 spiro atoms. The Labute approximate surface area is 376 Å². The Balaban J connectivity index is 1.11. The Hall–Kier alpha value is -7.58. The van der Waals surface area contributed by atoms with Gasteiger partial charge in [0.2, 0.25) is 0 Å². The third-order valence-corrected chi connectivity index (χ3v) is 22.0. The van der Waals surface area contributed by atoms with Crippen LogP contribution in [0, 0.1) is 0 Å². The Kier molecular flexibility index (Phi) is 8.97. The van der Waals surface area contributed by atoms with Gasteiger partial charge in [-0.15, -0.1) is 0 Å². The molecular formula is C59H43N3Si2. The van der Waals surface area contributed by atoms with E-state index in [0.29, 0.717) is 17.5 Å². The van der Waals surface area contributed by atoms with Crippen LogP contribution in [0.2, 0.25) is 13.1 Å². The van der Waals surface area contributed by atoms with Crippen molar-refractivity contribution in [1.29, 1.82) is 0 Å². The molecule has 12 rings (SSSR count). The molecule has 2 aliphatic rings. The molecule has 0 saturated carbocycles. The van der Waals surface area contributed by atoms with E-state index in [9.17, 15) is 0 Å². The SMILES string of the molecule is C[Si]1(C)c2ccccc2-c2cc(-c3nc(-c4ccccc4)nc(-c4ccc5c(c4)-c4cc(-c6ccccc6)ccc4[Si]5(c4ccccc4)c4ccccc4)n3)cc(-c3ccccc3)c21. The van der Waals surface area contributed by atoms with Gasteiger partial charge in [-0.25, -0.2) is 15.0 Å². The smallest absolute Gasteiger partial charge is 0.180 e. The summed E-state index contributed by atoms with van der Waals surface area (Å²) in [6.07, 6.45) is 0. The monoisotopic (exact) mass is 849 g/mol. The van der Waals surface area contributed by atoms with Gasteiger partial charge in [0.25, 0.3) is 0 Å². The summed E-state index contributed by atoms with van der Waals surface area (Å²) in [5, 5.41) is 8.46. The highest BCUT2D eigenvalue weighted by molar-refractivity contribution is 7.22. The van der Waals surface area contributed by atoms with Crippen molar-refractivity contribution in [3.8, 4) is 78.7 Å². The number of hydrogen-bond acceptors (Lipinski definition) is 3. The van der Waals surface area contributed by atoms with Crippen molar-refractivity contribution in [1.82, 2.24) is 15.0 Å². The molecule has 9 aromatic carbocycles. The average molecular weight is 850 g/mol. The topological polar surface area (TPSA) is 38.7 Å². The van der Waals surface area contributed by atoms with E-state index >= 15 is 0 Å². The Morgan fingerprint density at radius 1 is 0.281 bits per heavy atom. The predicted octanol–water partition coefficient (Wildman–Crippen LogP) is 10.4. The van der Waals surface area contributed by atoms with Crippen LogP contribution in [-0.2, 0) is 0 Å². The van der Waals surface area contributed by atoms with E-state index in [1.165, 1.54) is 75.6 Å². The van der Waals surface area contributed by atoms with Gasteiger partial charge >= 0.3 is 0 Å². The van der Waals surface area contributed by atoms with Crippen molar-refractivity contribution < 1.29 is 0 Å². The second-order valence-corrected chi connectivity index (χ2v) is 25.5. The standard InChI is InChI=1S/C59H43N3Si2/c1-63(2)53-31-19-18-30-48(53)52-39-45(38-49(56(52)63)41-22-10-4-11-23-41)59-61-57(42-24-12-5-13-25-42)60-58(62-59)44-33-35-55-51(37-44)50-36-43(40-20-8-3-9-21-40)32-34-54(50)64(55,46-26-14-6-15-27-46)47-28-16-7-17-29-47/h3-39H,1-2H3. The molecule has 0 fully saturated rings. The maximum Gasteiger partial charge on any atom is 0.180 e. The number of hydrogen-bond donors (Lipinski definition) is 0. The van der Waals surface area contributed by atoms with Gasteiger partial charge in [-0.3, -0.25) is 0 Å². The molecule has 0 saturated heterocycles. The summed E-state index contributed by atoms with van der Waals surface area (Å²) < 4.78 is 0. The number of rotatable bonds is 7. The summed E-state index contributed by atoms with van der Waals surface area (Å²) in [5.41, 5.74) is 12.9. The molecule has 302 valence electrons. The second-order valence-electron chi connectivity index (χ2n) is 17.5. The fourth-order valence-corrected chi connectivity index (χ4v) is 19.3. The van der Waals surface area contributed by atoms with E-state index in [0.717, 1.165) is 16.7 Å². The van der Waals surface area contributed by atoms with Crippen molar-refractivity contribution in [2.24, 2.45) is 0 Å². The number of benzene rings is 9. The third kappa shape index (κ3) is 5.96. The van der Waals surface area contributed by atoms with Gasteiger partial charge in [-0.05, 0) is 99.9 Å². The molecular weight excluding hydrogens is 807 g/mol. The first kappa shape index (κ1) is 38.1. The zero-order chi connectivity index (χ0) is 42.8. The van der Waals surface area contributed by atoms with Crippen LogP contribution in [0.15, 0.2) is 224 Å². The summed E-state index contributed by atoms with van der Waals surface area (Å²) >= 11 is 0. The van der Waals surface area contributed by atoms with Crippen molar-refractivity contribution in [3.63, 3.8) is 0 Å². The average Bonchev–Trinajstić information content (AvgIpc) is 3.79. The lowest BCUT2D eigenvalue weighted by Gasteiger charge is -2.31. The second kappa shape index (κ2) is 15.1. The highest BCUT2D eigenvalue weighted by Gasteiger charge is 2.49. The van der Waals surface area contributed by atoms with Gasteiger partial charge in [0, 0.05) is 16.7 Å². The maximum absolute atomic E-state index is 5.45. The summed E-state index contributed by atoms with van der Waals surface area (Å²) in [4.78, 5) is 16.1. The predicted molar refractivity (Wildman–Crippen MR) is 272 cm³/mol. The fraction of sp³-hybridized carbons (Fsp3) is 0.0339. The molecule has 3 heterocycles. The van der Waals surface area contributed by atoms with Crippen molar-refractivity contribution in [2.75, 3.05) is 0 Å². The first-order valence-corrected chi connectivity index (χ1v) is 27.1. The third-order valence-electron chi connectivity index (χ3n) is 13.6. The van der Waals surface area contributed by atoms with E-state index in [-0.39, 0.29) is 0 Å². The van der Waals surface area contributed by atoms with Crippen LogP contribution < -0.4 is 31.1 Å². The van der Waals surface area contributed by atoms with Crippen LogP contribution in [-0.4, -0.2) is 31.1 Å². The van der Waals surface area contributed by atoms with Gasteiger partial charge in [0.15, 0.2) is 25.5 Å². The van der Waals surface area contributed by atoms with Gasteiger partial charge in [-0.2, -0.15) is 0 Å². The lowest BCUT2D eigenvalue weighted by molar-refractivity contribution is 1.07. The fourth-order valence-electron chi connectivity index (χ4n) is 10.7. The Bertz CT molecular complexity index is 3350. The van der Waals surface area contributed by atoms with Gasteiger partial charge in [0.05, 0.1) is 0 Å². The van der Waals surface area contributed by atoms with Crippen LogP contribution >= 0.6 is 0 Å². The molecule has 0 aliphatic carbocycles. The lowest BCUT2D eigenvalue weighted by Crippen LogP contribution is -2.72. The zero-order valence-corrected chi connectivity index (χ0v) is 37.7. The number of nitrogens with zero attached hydrogens (tertiary/aromatic N) is 3. The highest BCUT2D eigenvalue weighted by Crippen LogP contribution is 2.39. The normalized spacial score (nSPS) is 13.7. The molecule has 5 heteroatoms. The molecule has 0 atom stereocenters. The summed E-state index contributed by atoms with van der Waals surface area (Å²) in [6, 6.07) is 82.1. The Morgan fingerprint density at radius 2 is 0.703 bits per heavy atom. The minimum Gasteiger partial charge on any atom is -0.208 e. The molecule has 2 aliphatic heterocycles. The van der Waals surface area contributed by atoms with Crippen molar-refractivity contribution >= 4 is 47.3 Å². The van der Waals surface area contributed by atoms with E-state index in [2.05, 4.69) is 231 Å². The number of fused-ring (bicyclic) bond motifs is 6. The van der Waals surface area contributed by atoms with Crippen molar-refractivity contribution in [2.45, 2.75) is 13.1 Å². The van der Waals surface area contributed by atoms with Crippen LogP contribution in [0.3, 0.4) is 0 Å². The molecule has 1 aromatic heterocycles. The van der Waals surface area contributed by atoms with E-state index in [1.54, 1.807) is 0 Å². The largest absolute Gasteiger partial charge is 0.208 e. The van der Waals surface area contributed by atoms with E-state index in [4.69, 9.17) is 15.0 Å². The van der Waals surface area contributed by atoms with Crippen LogP contribution in [0.4, 0.5) is 0 Å². The van der Waals surface area contributed by atoms with Gasteiger partial charge in [0.1, 0.15) is 8.07 Å². The zero-order valence-electron chi connectivity index (χ0n) is 35.7. The molecule has 3 nitrogen and oxygen atoms in total. The number of aromatic nitrogens is 3. The molecule has 64 heavy (non-hydrogen) atoms. The lowest BCUT2D eigenvalue weighted by atomic mass is 9.95. The summed E-state index contributed by atoms with van der Waals surface area (Å²) in [5.74, 6) is 1.97. The maximum atomic E-state index is 5.45. The van der Waals surface area contributed by atoms with Crippen molar-refractivity contribution in [3.05, 3.63) is 224 Å². The van der Waals surface area contributed by atoms with Crippen LogP contribution in [0.25, 0.3) is 78.7 Å². The van der Waals surface area contributed by atoms with Gasteiger partial charge in [-0.1, -0.05) is 213 Å². The summed E-state index contributed by atoms with van der Waals surface area (Å²) in [7, 11) is -4.78. The summed E-state index contributed by atoms with van der Waals surface area (Å²) in [6.45, 7) is 4.97. The Morgan fingerprint density at radius 3 is 1.30 bits per heavy atom. The van der Waals surface area contributed by atoms with E-state index in [1.807, 2.05) is 6.07 Å². The first-order chi connectivity index (χ1) is 31.5. The van der Waals surface area contributed by atoms with Crippen LogP contribution in [0.5, 0.6) is 0 Å². The first-order valence-electron chi connectivity index (χ1n) is 22.1. The highest BCUT2D eigenvalue weighted by atomic mass is 28.3. The quantitative estimate of drug-likeness (QED) is 0.150. The molecule has 0 radical (unpaired) electrons. The minimum absolute atomic E-state index is 0.655. The minimum atomic E-state index is -2.74. The van der Waals surface area contributed by atoms with Gasteiger partial charge < -0.3 is 0 Å². The molecule has 0 unspecified atom stereocenters. The van der Waals surface area contributed by atoms with Crippen LogP contribution in [0.1, 0.15) is 0 Å².